The minimum atomic E-state index is 0.899. The van der Waals surface area contributed by atoms with Gasteiger partial charge in [0.2, 0.25) is 0 Å². The van der Waals surface area contributed by atoms with Crippen LogP contribution in [0.4, 0.5) is 17.1 Å². The van der Waals surface area contributed by atoms with Crippen LogP contribution in [0.1, 0.15) is 0 Å². The molecule has 9 rings (SSSR count). The van der Waals surface area contributed by atoms with E-state index in [9.17, 15) is 0 Å². The zero-order valence-electron chi connectivity index (χ0n) is 26.3. The third-order valence-electron chi connectivity index (χ3n) is 9.28. The lowest BCUT2D eigenvalue weighted by molar-refractivity contribution is 0.670. The average Bonchev–Trinajstić information content (AvgIpc) is 3.55. The van der Waals surface area contributed by atoms with Crippen LogP contribution in [0.3, 0.4) is 0 Å². The van der Waals surface area contributed by atoms with E-state index in [2.05, 4.69) is 181 Å². The van der Waals surface area contributed by atoms with Gasteiger partial charge in [0, 0.05) is 33.3 Å². The number of fused-ring (bicyclic) bond motifs is 4. The molecule has 0 saturated heterocycles. The molecule has 0 unspecified atom stereocenters. The monoisotopic (exact) mass is 613 g/mol. The summed E-state index contributed by atoms with van der Waals surface area (Å²) in [6.45, 7) is 0. The fourth-order valence-corrected chi connectivity index (χ4v) is 6.89. The van der Waals surface area contributed by atoms with E-state index in [0.717, 1.165) is 50.1 Å². The Hall–Kier alpha value is -6.38. The van der Waals surface area contributed by atoms with Crippen molar-refractivity contribution in [2.45, 2.75) is 0 Å². The number of rotatable bonds is 6. The Kier molecular flexibility index (Phi) is 6.84. The minimum absolute atomic E-state index is 0.899. The smallest absolute Gasteiger partial charge is 0.143 e. The molecule has 48 heavy (non-hydrogen) atoms. The van der Waals surface area contributed by atoms with Crippen molar-refractivity contribution in [2.24, 2.45) is 0 Å². The first-order valence-electron chi connectivity index (χ1n) is 16.3. The number of hydrogen-bond donors (Lipinski definition) is 0. The summed E-state index contributed by atoms with van der Waals surface area (Å²) in [5, 5.41) is 4.67. The molecular weight excluding hydrogens is 583 g/mol. The van der Waals surface area contributed by atoms with Gasteiger partial charge in [-0.1, -0.05) is 152 Å². The van der Waals surface area contributed by atoms with E-state index in [1.54, 1.807) is 0 Å². The molecular formula is C46H31NO. The van der Waals surface area contributed by atoms with Crippen molar-refractivity contribution in [3.05, 3.63) is 188 Å². The number of furan rings is 1. The van der Waals surface area contributed by atoms with Crippen LogP contribution in [0.25, 0.3) is 66.1 Å². The molecule has 1 aromatic heterocycles. The van der Waals surface area contributed by atoms with Crippen LogP contribution in [0.2, 0.25) is 0 Å². The highest BCUT2D eigenvalue weighted by Crippen LogP contribution is 2.45. The highest BCUT2D eigenvalue weighted by atomic mass is 16.3. The van der Waals surface area contributed by atoms with Gasteiger partial charge in [-0.05, 0) is 69.4 Å². The van der Waals surface area contributed by atoms with Gasteiger partial charge in [-0.15, -0.1) is 0 Å². The maximum atomic E-state index is 6.52. The first kappa shape index (κ1) is 27.9. The maximum Gasteiger partial charge on any atom is 0.143 e. The molecule has 226 valence electrons. The Morgan fingerprint density at radius 3 is 1.71 bits per heavy atom. The first-order chi connectivity index (χ1) is 23.8. The summed E-state index contributed by atoms with van der Waals surface area (Å²) in [5.74, 6) is 0. The third-order valence-corrected chi connectivity index (χ3v) is 9.28. The van der Waals surface area contributed by atoms with E-state index in [0.29, 0.717) is 0 Å². The quantitative estimate of drug-likeness (QED) is 0.185. The highest BCUT2D eigenvalue weighted by molar-refractivity contribution is 6.11. The third kappa shape index (κ3) is 4.92. The molecule has 0 fully saturated rings. The van der Waals surface area contributed by atoms with Crippen LogP contribution in [-0.4, -0.2) is 0 Å². The van der Waals surface area contributed by atoms with Crippen LogP contribution in [0, 0.1) is 0 Å². The van der Waals surface area contributed by atoms with Crippen molar-refractivity contribution in [1.29, 1.82) is 0 Å². The predicted octanol–water partition coefficient (Wildman–Crippen LogP) is 13.2. The molecule has 0 aliphatic carbocycles. The maximum absolute atomic E-state index is 6.52. The second-order valence-corrected chi connectivity index (χ2v) is 12.2. The molecule has 0 radical (unpaired) electrons. The molecule has 2 nitrogen and oxygen atoms in total. The zero-order chi connectivity index (χ0) is 31.9. The summed E-state index contributed by atoms with van der Waals surface area (Å²) < 4.78 is 6.52. The van der Waals surface area contributed by atoms with Gasteiger partial charge < -0.3 is 9.32 Å². The van der Waals surface area contributed by atoms with E-state index in [1.807, 2.05) is 12.1 Å². The number of nitrogens with zero attached hydrogens (tertiary/aromatic N) is 1. The number of benzene rings is 8. The lowest BCUT2D eigenvalue weighted by Gasteiger charge is -2.28. The van der Waals surface area contributed by atoms with Crippen LogP contribution in [0.15, 0.2) is 192 Å². The van der Waals surface area contributed by atoms with E-state index < -0.39 is 0 Å². The SMILES string of the molecule is c1ccc(-c2ccc(-c3ccc(N(c4ccc5ccccc5c4)c4ccccc4-c4cccc5c4oc4ccccc45)cc3)cc2)cc1. The summed E-state index contributed by atoms with van der Waals surface area (Å²) in [5.41, 5.74) is 12.0. The van der Waals surface area contributed by atoms with Crippen LogP contribution in [-0.2, 0) is 0 Å². The van der Waals surface area contributed by atoms with Gasteiger partial charge >= 0.3 is 0 Å². The molecule has 0 atom stereocenters. The van der Waals surface area contributed by atoms with E-state index in [1.165, 1.54) is 33.0 Å². The van der Waals surface area contributed by atoms with Gasteiger partial charge in [0.1, 0.15) is 11.2 Å². The lowest BCUT2D eigenvalue weighted by atomic mass is 9.98. The van der Waals surface area contributed by atoms with E-state index >= 15 is 0 Å². The molecule has 0 saturated carbocycles. The number of anilines is 3. The molecule has 8 aromatic carbocycles. The Labute approximate surface area is 279 Å². The molecule has 1 heterocycles. The number of hydrogen-bond acceptors (Lipinski definition) is 2. The van der Waals surface area contributed by atoms with Gasteiger partial charge in [-0.2, -0.15) is 0 Å². The molecule has 0 aliphatic heterocycles. The second-order valence-electron chi connectivity index (χ2n) is 12.2. The van der Waals surface area contributed by atoms with Crippen molar-refractivity contribution in [2.75, 3.05) is 4.90 Å². The Morgan fingerprint density at radius 2 is 0.917 bits per heavy atom. The molecule has 0 bridgehead atoms. The molecule has 0 aliphatic rings. The van der Waals surface area contributed by atoms with Crippen LogP contribution < -0.4 is 4.90 Å². The van der Waals surface area contributed by atoms with Crippen LogP contribution >= 0.6 is 0 Å². The summed E-state index contributed by atoms with van der Waals surface area (Å²) >= 11 is 0. The van der Waals surface area contributed by atoms with Crippen molar-refractivity contribution >= 4 is 49.8 Å². The van der Waals surface area contributed by atoms with Crippen molar-refractivity contribution < 1.29 is 4.42 Å². The largest absolute Gasteiger partial charge is 0.455 e. The van der Waals surface area contributed by atoms with Gasteiger partial charge in [0.25, 0.3) is 0 Å². The Balaban J connectivity index is 1.18. The van der Waals surface area contributed by atoms with Crippen LogP contribution in [0.5, 0.6) is 0 Å². The molecule has 9 aromatic rings. The molecule has 2 heteroatoms. The fourth-order valence-electron chi connectivity index (χ4n) is 6.89. The fraction of sp³-hybridized carbons (Fsp3) is 0. The lowest BCUT2D eigenvalue weighted by Crippen LogP contribution is -2.11. The molecule has 0 N–H and O–H groups in total. The van der Waals surface area contributed by atoms with Crippen molar-refractivity contribution in [3.63, 3.8) is 0 Å². The first-order valence-corrected chi connectivity index (χ1v) is 16.3. The summed E-state index contributed by atoms with van der Waals surface area (Å²) in [6, 6.07) is 66.9. The average molecular weight is 614 g/mol. The topological polar surface area (TPSA) is 16.4 Å². The normalized spacial score (nSPS) is 11.3. The zero-order valence-corrected chi connectivity index (χ0v) is 26.3. The van der Waals surface area contributed by atoms with Crippen molar-refractivity contribution in [1.82, 2.24) is 0 Å². The van der Waals surface area contributed by atoms with Gasteiger partial charge in [-0.3, -0.25) is 0 Å². The Morgan fingerprint density at radius 1 is 0.354 bits per heavy atom. The van der Waals surface area contributed by atoms with E-state index in [-0.39, 0.29) is 0 Å². The minimum Gasteiger partial charge on any atom is -0.455 e. The standard InChI is InChI=1S/C46H31NO/c1-2-11-32(12-3-1)34-21-23-35(24-22-34)36-25-28-38(29-26-36)47(39-30-27-33-13-4-5-14-37(33)31-39)44-19-8-6-15-40(44)42-17-10-18-43-41-16-7-9-20-45(41)48-46(42)43/h1-31H. The molecule has 0 spiro atoms. The Bertz CT molecular complexity index is 2540. The second kappa shape index (κ2) is 11.8. The predicted molar refractivity (Wildman–Crippen MR) is 202 cm³/mol. The summed E-state index contributed by atoms with van der Waals surface area (Å²) in [7, 11) is 0. The van der Waals surface area contributed by atoms with Gasteiger partial charge in [0.15, 0.2) is 0 Å². The van der Waals surface area contributed by atoms with Gasteiger partial charge in [0.05, 0.1) is 5.69 Å². The van der Waals surface area contributed by atoms with Crippen molar-refractivity contribution in [3.8, 4) is 33.4 Å². The van der Waals surface area contributed by atoms with E-state index in [4.69, 9.17) is 4.42 Å². The number of para-hydroxylation sites is 3. The summed E-state index contributed by atoms with van der Waals surface area (Å²) in [4.78, 5) is 2.37. The highest BCUT2D eigenvalue weighted by Gasteiger charge is 2.20. The summed E-state index contributed by atoms with van der Waals surface area (Å²) in [6.07, 6.45) is 0. The molecule has 0 amide bonds. The van der Waals surface area contributed by atoms with Gasteiger partial charge in [-0.25, -0.2) is 0 Å².